The second kappa shape index (κ2) is 4.90. The minimum absolute atomic E-state index is 0.0327. The predicted molar refractivity (Wildman–Crippen MR) is 44.4 cm³/mol. The quantitative estimate of drug-likeness (QED) is 0.383. The average molecular weight is 199 g/mol. The first-order valence-corrected chi connectivity index (χ1v) is 3.81. The van der Waals surface area contributed by atoms with E-state index in [1.807, 2.05) is 0 Å². The Balaban J connectivity index is 2.86. The van der Waals surface area contributed by atoms with Crippen LogP contribution in [0.2, 0.25) is 0 Å². The standard InChI is InChI=1S/C6H9N5O3/c1-3-14-6(12)4(9-13-2)5-7-10-11-8-5/h3H2,1-2H3,(H,7,8,10,11)/b9-4-. The van der Waals surface area contributed by atoms with Gasteiger partial charge in [-0.05, 0) is 12.1 Å². The number of aromatic amines is 1. The van der Waals surface area contributed by atoms with E-state index in [4.69, 9.17) is 4.74 Å². The van der Waals surface area contributed by atoms with Crippen molar-refractivity contribution in [3.63, 3.8) is 0 Å². The molecule has 0 fully saturated rings. The lowest BCUT2D eigenvalue weighted by molar-refractivity contribution is -0.135. The molecule has 1 rings (SSSR count). The number of carbonyl (C=O) groups excluding carboxylic acids is 1. The first kappa shape index (κ1) is 10.1. The molecule has 0 aliphatic heterocycles. The molecule has 1 aromatic heterocycles. The summed E-state index contributed by atoms with van der Waals surface area (Å²) in [6, 6.07) is 0. The first-order chi connectivity index (χ1) is 6.79. The highest BCUT2D eigenvalue weighted by atomic mass is 16.6. The molecule has 0 saturated heterocycles. The molecule has 14 heavy (non-hydrogen) atoms. The largest absolute Gasteiger partial charge is 0.461 e. The van der Waals surface area contributed by atoms with Gasteiger partial charge in [0, 0.05) is 0 Å². The van der Waals surface area contributed by atoms with E-state index in [1.165, 1.54) is 7.11 Å². The van der Waals surface area contributed by atoms with Crippen LogP contribution in [0.25, 0.3) is 0 Å². The number of carbonyl (C=O) groups is 1. The zero-order valence-electron chi connectivity index (χ0n) is 7.72. The van der Waals surface area contributed by atoms with E-state index < -0.39 is 5.97 Å². The maximum atomic E-state index is 11.3. The molecule has 0 aromatic carbocycles. The van der Waals surface area contributed by atoms with Gasteiger partial charge >= 0.3 is 5.97 Å². The second-order valence-corrected chi connectivity index (χ2v) is 2.08. The van der Waals surface area contributed by atoms with E-state index in [1.54, 1.807) is 6.92 Å². The Labute approximate surface area is 79.3 Å². The van der Waals surface area contributed by atoms with Gasteiger partial charge in [-0.25, -0.2) is 4.79 Å². The van der Waals surface area contributed by atoms with Crippen LogP contribution >= 0.6 is 0 Å². The highest BCUT2D eigenvalue weighted by molar-refractivity contribution is 6.41. The van der Waals surface area contributed by atoms with Gasteiger partial charge in [-0.1, -0.05) is 5.16 Å². The van der Waals surface area contributed by atoms with E-state index >= 15 is 0 Å². The number of esters is 1. The second-order valence-electron chi connectivity index (χ2n) is 2.08. The molecule has 0 amide bonds. The predicted octanol–water partition coefficient (Wildman–Crippen LogP) is -0.887. The smallest absolute Gasteiger partial charge is 0.364 e. The van der Waals surface area contributed by atoms with Gasteiger partial charge in [-0.15, -0.1) is 10.2 Å². The van der Waals surface area contributed by atoms with Crippen molar-refractivity contribution in [3.05, 3.63) is 5.82 Å². The normalized spacial score (nSPS) is 11.1. The van der Waals surface area contributed by atoms with Gasteiger partial charge in [0.25, 0.3) is 0 Å². The number of ether oxygens (including phenoxy) is 1. The monoisotopic (exact) mass is 199 g/mol. The fourth-order valence-electron chi connectivity index (χ4n) is 0.722. The molecule has 1 N–H and O–H groups in total. The molecule has 0 saturated carbocycles. The summed E-state index contributed by atoms with van der Waals surface area (Å²) < 4.78 is 4.71. The van der Waals surface area contributed by atoms with E-state index in [0.717, 1.165) is 0 Å². The lowest BCUT2D eigenvalue weighted by Gasteiger charge is -1.99. The zero-order chi connectivity index (χ0) is 10.4. The Morgan fingerprint density at radius 3 is 2.93 bits per heavy atom. The molecule has 0 atom stereocenters. The molecule has 0 bridgehead atoms. The van der Waals surface area contributed by atoms with Crippen molar-refractivity contribution in [1.29, 1.82) is 0 Å². The topological polar surface area (TPSA) is 102 Å². The van der Waals surface area contributed by atoms with Crippen molar-refractivity contribution >= 4 is 11.7 Å². The Morgan fingerprint density at radius 2 is 2.43 bits per heavy atom. The molecular formula is C6H9N5O3. The molecule has 0 unspecified atom stereocenters. The van der Waals surface area contributed by atoms with Gasteiger partial charge in [0.1, 0.15) is 7.11 Å². The fraction of sp³-hybridized carbons (Fsp3) is 0.500. The molecule has 1 aromatic rings. The number of aromatic nitrogens is 4. The summed E-state index contributed by atoms with van der Waals surface area (Å²) in [4.78, 5) is 15.7. The summed E-state index contributed by atoms with van der Waals surface area (Å²) in [6.07, 6.45) is 0. The van der Waals surface area contributed by atoms with Gasteiger partial charge in [-0.2, -0.15) is 5.21 Å². The molecular weight excluding hydrogens is 190 g/mol. The highest BCUT2D eigenvalue weighted by Crippen LogP contribution is 1.94. The minimum atomic E-state index is -0.657. The van der Waals surface area contributed by atoms with E-state index in [0.29, 0.717) is 0 Å². The van der Waals surface area contributed by atoms with Crippen molar-refractivity contribution in [2.24, 2.45) is 5.16 Å². The lowest BCUT2D eigenvalue weighted by Crippen LogP contribution is -2.20. The van der Waals surface area contributed by atoms with Crippen LogP contribution in [0.5, 0.6) is 0 Å². The highest BCUT2D eigenvalue weighted by Gasteiger charge is 2.20. The van der Waals surface area contributed by atoms with Crippen molar-refractivity contribution < 1.29 is 14.4 Å². The molecule has 1 heterocycles. The lowest BCUT2D eigenvalue weighted by atomic mass is 10.4. The third kappa shape index (κ3) is 2.25. The summed E-state index contributed by atoms with van der Waals surface area (Å²) in [5.74, 6) is -0.624. The summed E-state index contributed by atoms with van der Waals surface area (Å²) in [6.45, 7) is 1.91. The summed E-state index contributed by atoms with van der Waals surface area (Å²) in [5, 5.41) is 16.1. The maximum absolute atomic E-state index is 11.3. The Kier molecular flexibility index (Phi) is 3.53. The summed E-state index contributed by atoms with van der Waals surface area (Å²) in [7, 11) is 1.30. The fourth-order valence-corrected chi connectivity index (χ4v) is 0.722. The van der Waals surface area contributed by atoms with E-state index in [-0.39, 0.29) is 18.1 Å². The summed E-state index contributed by atoms with van der Waals surface area (Å²) in [5.41, 5.74) is -0.122. The van der Waals surface area contributed by atoms with Gasteiger partial charge < -0.3 is 9.57 Å². The van der Waals surface area contributed by atoms with Crippen molar-refractivity contribution in [2.45, 2.75) is 6.92 Å². The molecule has 8 heteroatoms. The maximum Gasteiger partial charge on any atom is 0.364 e. The molecule has 76 valence electrons. The SMILES string of the molecule is CCOC(=O)/C(=N\OC)c1nn[nH]n1. The average Bonchev–Trinajstić information content (AvgIpc) is 2.67. The van der Waals surface area contributed by atoms with Crippen LogP contribution in [0.15, 0.2) is 5.16 Å². The summed E-state index contributed by atoms with van der Waals surface area (Å²) >= 11 is 0. The van der Waals surface area contributed by atoms with Crippen LogP contribution in [0.4, 0.5) is 0 Å². The Morgan fingerprint density at radius 1 is 1.64 bits per heavy atom. The van der Waals surface area contributed by atoms with Crippen LogP contribution < -0.4 is 0 Å². The van der Waals surface area contributed by atoms with E-state index in [2.05, 4.69) is 30.6 Å². The van der Waals surface area contributed by atoms with Gasteiger partial charge in [-0.3, -0.25) is 0 Å². The third-order valence-electron chi connectivity index (χ3n) is 1.21. The molecule has 0 spiro atoms. The third-order valence-corrected chi connectivity index (χ3v) is 1.21. The number of nitrogens with zero attached hydrogens (tertiary/aromatic N) is 4. The number of oxime groups is 1. The van der Waals surface area contributed by atoms with Gasteiger partial charge in [0.2, 0.25) is 11.5 Å². The van der Waals surface area contributed by atoms with Crippen molar-refractivity contribution in [2.75, 3.05) is 13.7 Å². The van der Waals surface area contributed by atoms with Crippen LogP contribution in [-0.2, 0) is 14.4 Å². The number of hydrogen-bond donors (Lipinski definition) is 1. The number of nitrogens with one attached hydrogen (secondary N) is 1. The number of rotatable bonds is 4. The van der Waals surface area contributed by atoms with Crippen molar-refractivity contribution in [3.8, 4) is 0 Å². The van der Waals surface area contributed by atoms with Crippen LogP contribution in [-0.4, -0.2) is 46.0 Å². The molecule has 0 aliphatic carbocycles. The van der Waals surface area contributed by atoms with Crippen molar-refractivity contribution in [1.82, 2.24) is 20.6 Å². The van der Waals surface area contributed by atoms with Crippen LogP contribution in [0.3, 0.4) is 0 Å². The molecule has 0 radical (unpaired) electrons. The Bertz CT molecular complexity index is 320. The van der Waals surface area contributed by atoms with Crippen LogP contribution in [0, 0.1) is 0 Å². The molecule has 0 aliphatic rings. The number of H-pyrrole nitrogens is 1. The number of hydrogen-bond acceptors (Lipinski definition) is 7. The Hall–Kier alpha value is -1.99. The van der Waals surface area contributed by atoms with Gasteiger partial charge in [0.05, 0.1) is 6.61 Å². The number of tetrazole rings is 1. The van der Waals surface area contributed by atoms with Crippen LogP contribution in [0.1, 0.15) is 12.7 Å². The first-order valence-electron chi connectivity index (χ1n) is 3.81. The molecule has 8 nitrogen and oxygen atoms in total. The van der Waals surface area contributed by atoms with Gasteiger partial charge in [0.15, 0.2) is 0 Å². The minimum Gasteiger partial charge on any atom is -0.461 e. The van der Waals surface area contributed by atoms with E-state index in [9.17, 15) is 4.79 Å². The zero-order valence-corrected chi connectivity index (χ0v) is 7.72.